The van der Waals surface area contributed by atoms with Gasteiger partial charge in [-0.05, 0) is 5.56 Å². The predicted octanol–water partition coefficient (Wildman–Crippen LogP) is 1.23. The number of benzene rings is 1. The summed E-state index contributed by atoms with van der Waals surface area (Å²) >= 11 is 1.35. The molecule has 0 fully saturated rings. The molecule has 0 spiro atoms. The summed E-state index contributed by atoms with van der Waals surface area (Å²) < 4.78 is 0. The van der Waals surface area contributed by atoms with Gasteiger partial charge in [-0.2, -0.15) is 4.98 Å². The average molecular weight is 248 g/mol. The predicted molar refractivity (Wildman–Crippen MR) is 69.7 cm³/mol. The molecule has 2 aromatic rings. The van der Waals surface area contributed by atoms with Crippen molar-refractivity contribution in [3.05, 3.63) is 46.2 Å². The second-order valence-electron chi connectivity index (χ2n) is 3.44. The fourth-order valence-electron chi connectivity index (χ4n) is 1.37. The van der Waals surface area contributed by atoms with Crippen LogP contribution in [0.25, 0.3) is 0 Å². The largest absolute Gasteiger partial charge is 0.382 e. The Morgan fingerprint density at radius 2 is 1.94 bits per heavy atom. The normalized spacial score (nSPS) is 10.4. The van der Waals surface area contributed by atoms with E-state index in [-0.39, 0.29) is 17.3 Å². The molecule has 88 valence electrons. The average Bonchev–Trinajstić information content (AvgIpc) is 2.29. The summed E-state index contributed by atoms with van der Waals surface area (Å²) in [6.07, 6.45) is 0. The third kappa shape index (κ3) is 2.79. The SMILES string of the molecule is Nc1nc(N)c(SCc2ccccc2)c(=O)[nH]1. The molecule has 0 atom stereocenters. The molecule has 0 amide bonds. The molecule has 1 aromatic carbocycles. The molecule has 0 unspecified atom stereocenters. The Morgan fingerprint density at radius 3 is 2.59 bits per heavy atom. The maximum Gasteiger partial charge on any atom is 0.268 e. The maximum atomic E-state index is 11.6. The molecular weight excluding hydrogens is 236 g/mol. The first kappa shape index (κ1) is 11.5. The van der Waals surface area contributed by atoms with Crippen molar-refractivity contribution >= 4 is 23.5 Å². The minimum absolute atomic E-state index is 0.0385. The summed E-state index contributed by atoms with van der Waals surface area (Å²) in [5.74, 6) is 0.878. The minimum atomic E-state index is -0.295. The zero-order valence-corrected chi connectivity index (χ0v) is 9.83. The highest BCUT2D eigenvalue weighted by molar-refractivity contribution is 7.98. The zero-order valence-electron chi connectivity index (χ0n) is 9.01. The molecule has 1 aromatic heterocycles. The van der Waals surface area contributed by atoms with Crippen molar-refractivity contribution in [2.45, 2.75) is 10.6 Å². The summed E-state index contributed by atoms with van der Waals surface area (Å²) in [5, 5.41) is 0. The summed E-state index contributed by atoms with van der Waals surface area (Å²) in [4.78, 5) is 18.3. The van der Waals surface area contributed by atoms with Gasteiger partial charge in [-0.25, -0.2) is 0 Å². The third-order valence-electron chi connectivity index (χ3n) is 2.15. The smallest absolute Gasteiger partial charge is 0.268 e. The molecule has 0 aliphatic rings. The number of H-pyrrole nitrogens is 1. The van der Waals surface area contributed by atoms with Gasteiger partial charge in [0.15, 0.2) is 0 Å². The Hall–Kier alpha value is -1.95. The molecule has 0 bridgehead atoms. The van der Waals surface area contributed by atoms with Crippen LogP contribution in [0.2, 0.25) is 0 Å². The summed E-state index contributed by atoms with van der Waals surface area (Å²) in [6.45, 7) is 0. The Labute approximate surface area is 102 Å². The highest BCUT2D eigenvalue weighted by Crippen LogP contribution is 2.23. The van der Waals surface area contributed by atoms with E-state index in [2.05, 4.69) is 9.97 Å². The van der Waals surface area contributed by atoms with Crippen molar-refractivity contribution in [1.29, 1.82) is 0 Å². The third-order valence-corrected chi connectivity index (χ3v) is 3.31. The number of anilines is 2. The summed E-state index contributed by atoms with van der Waals surface area (Å²) in [6, 6.07) is 9.82. The number of nitrogens with two attached hydrogens (primary N) is 2. The highest BCUT2D eigenvalue weighted by Gasteiger charge is 2.08. The van der Waals surface area contributed by atoms with Crippen molar-refractivity contribution in [2.24, 2.45) is 0 Å². The van der Waals surface area contributed by atoms with E-state index in [1.807, 2.05) is 30.3 Å². The lowest BCUT2D eigenvalue weighted by Crippen LogP contribution is -2.15. The second-order valence-corrected chi connectivity index (χ2v) is 4.43. The molecule has 0 saturated heterocycles. The van der Waals surface area contributed by atoms with Crippen LogP contribution >= 0.6 is 11.8 Å². The first-order chi connectivity index (χ1) is 8.16. The van der Waals surface area contributed by atoms with Crippen LogP contribution < -0.4 is 17.0 Å². The quantitative estimate of drug-likeness (QED) is 0.710. The van der Waals surface area contributed by atoms with E-state index < -0.39 is 0 Å². The van der Waals surface area contributed by atoms with Gasteiger partial charge in [0.05, 0.1) is 0 Å². The van der Waals surface area contributed by atoms with Crippen molar-refractivity contribution < 1.29 is 0 Å². The number of hydrogen-bond donors (Lipinski definition) is 3. The van der Waals surface area contributed by atoms with Gasteiger partial charge in [0.1, 0.15) is 10.7 Å². The van der Waals surface area contributed by atoms with Crippen LogP contribution in [0.5, 0.6) is 0 Å². The lowest BCUT2D eigenvalue weighted by Gasteiger charge is -2.04. The molecule has 6 heteroatoms. The van der Waals surface area contributed by atoms with Crippen LogP contribution in [0.3, 0.4) is 0 Å². The van der Waals surface area contributed by atoms with E-state index in [4.69, 9.17) is 11.5 Å². The number of nitrogen functional groups attached to an aromatic ring is 2. The summed E-state index contributed by atoms with van der Waals surface area (Å²) in [7, 11) is 0. The van der Waals surface area contributed by atoms with Gasteiger partial charge in [-0.1, -0.05) is 30.3 Å². The Bertz CT molecular complexity index is 567. The lowest BCUT2D eigenvalue weighted by atomic mass is 10.2. The van der Waals surface area contributed by atoms with E-state index in [9.17, 15) is 4.79 Å². The van der Waals surface area contributed by atoms with E-state index in [1.54, 1.807) is 0 Å². The lowest BCUT2D eigenvalue weighted by molar-refractivity contribution is 1.07. The maximum absolute atomic E-state index is 11.6. The number of nitrogens with zero attached hydrogens (tertiary/aromatic N) is 1. The second kappa shape index (κ2) is 4.92. The monoisotopic (exact) mass is 248 g/mol. The number of hydrogen-bond acceptors (Lipinski definition) is 5. The van der Waals surface area contributed by atoms with Gasteiger partial charge in [-0.3, -0.25) is 9.78 Å². The molecule has 0 saturated carbocycles. The Kier molecular flexibility index (Phi) is 3.34. The molecular formula is C11H12N4OS. The molecule has 5 N–H and O–H groups in total. The number of aromatic amines is 1. The first-order valence-corrected chi connectivity index (χ1v) is 5.97. The summed E-state index contributed by atoms with van der Waals surface area (Å²) in [5.41, 5.74) is 11.9. The Balaban J connectivity index is 2.18. The van der Waals surface area contributed by atoms with E-state index in [0.717, 1.165) is 5.56 Å². The van der Waals surface area contributed by atoms with E-state index in [1.165, 1.54) is 11.8 Å². The van der Waals surface area contributed by atoms with Gasteiger partial charge in [-0.15, -0.1) is 11.8 Å². The molecule has 17 heavy (non-hydrogen) atoms. The number of aromatic nitrogens is 2. The number of thioether (sulfide) groups is 1. The fraction of sp³-hybridized carbons (Fsp3) is 0.0909. The molecule has 0 aliphatic carbocycles. The number of rotatable bonds is 3. The highest BCUT2D eigenvalue weighted by atomic mass is 32.2. The van der Waals surface area contributed by atoms with Crippen molar-refractivity contribution in [3.63, 3.8) is 0 Å². The fourth-order valence-corrected chi connectivity index (χ4v) is 2.25. The van der Waals surface area contributed by atoms with Crippen LogP contribution in [0, 0.1) is 0 Å². The van der Waals surface area contributed by atoms with E-state index in [0.29, 0.717) is 10.6 Å². The topological polar surface area (TPSA) is 97.8 Å². The molecule has 0 radical (unpaired) electrons. The van der Waals surface area contributed by atoms with Gasteiger partial charge < -0.3 is 11.5 Å². The van der Waals surface area contributed by atoms with Crippen LogP contribution in [0.1, 0.15) is 5.56 Å². The van der Waals surface area contributed by atoms with Crippen LogP contribution in [0.15, 0.2) is 40.0 Å². The van der Waals surface area contributed by atoms with Gasteiger partial charge in [0, 0.05) is 5.75 Å². The van der Waals surface area contributed by atoms with Crippen LogP contribution in [-0.2, 0) is 5.75 Å². The molecule has 2 rings (SSSR count). The van der Waals surface area contributed by atoms with Gasteiger partial charge in [0.25, 0.3) is 5.56 Å². The zero-order chi connectivity index (χ0) is 12.3. The van der Waals surface area contributed by atoms with Crippen LogP contribution in [0.4, 0.5) is 11.8 Å². The van der Waals surface area contributed by atoms with Crippen LogP contribution in [-0.4, -0.2) is 9.97 Å². The molecule has 5 nitrogen and oxygen atoms in total. The van der Waals surface area contributed by atoms with Crippen molar-refractivity contribution in [3.8, 4) is 0 Å². The van der Waals surface area contributed by atoms with E-state index >= 15 is 0 Å². The van der Waals surface area contributed by atoms with Crippen molar-refractivity contribution in [2.75, 3.05) is 11.5 Å². The number of nitrogens with one attached hydrogen (secondary N) is 1. The standard InChI is InChI=1S/C11H12N4OS/c12-9-8(10(16)15-11(13)14-9)17-6-7-4-2-1-3-5-7/h1-5H,6H2,(H5,12,13,14,15,16). The first-order valence-electron chi connectivity index (χ1n) is 4.99. The molecule has 1 heterocycles. The minimum Gasteiger partial charge on any atom is -0.382 e. The molecule has 0 aliphatic heterocycles. The van der Waals surface area contributed by atoms with Gasteiger partial charge >= 0.3 is 0 Å². The Morgan fingerprint density at radius 1 is 1.24 bits per heavy atom. The van der Waals surface area contributed by atoms with Gasteiger partial charge in [0.2, 0.25) is 5.95 Å². The van der Waals surface area contributed by atoms with Crippen molar-refractivity contribution in [1.82, 2.24) is 9.97 Å².